The summed E-state index contributed by atoms with van der Waals surface area (Å²) in [5.74, 6) is 0.0906. The lowest BCUT2D eigenvalue weighted by molar-refractivity contribution is -0.126. The van der Waals surface area contributed by atoms with E-state index in [1.807, 2.05) is 6.92 Å². The van der Waals surface area contributed by atoms with Crippen LogP contribution < -0.4 is 5.32 Å². The summed E-state index contributed by atoms with van der Waals surface area (Å²) in [6.45, 7) is 3.82. The number of nitrogens with one attached hydrogen (secondary N) is 1. The molecule has 0 aromatic carbocycles. The van der Waals surface area contributed by atoms with E-state index in [0.717, 1.165) is 6.42 Å². The lowest BCUT2D eigenvalue weighted by Gasteiger charge is -2.15. The maximum atomic E-state index is 11.7. The van der Waals surface area contributed by atoms with E-state index in [-0.39, 0.29) is 22.8 Å². The molecule has 1 heterocycles. The van der Waals surface area contributed by atoms with Crippen LogP contribution in [0.4, 0.5) is 0 Å². The number of methoxy groups -OCH3 is 1. The Morgan fingerprint density at radius 1 is 1.73 bits per heavy atom. The average molecular weight is 280 g/mol. The normalized spacial score (nSPS) is 27.7. The van der Waals surface area contributed by atoms with Crippen LogP contribution >= 0.6 is 15.9 Å². The number of rotatable bonds is 5. The Morgan fingerprint density at radius 2 is 2.47 bits per heavy atom. The number of hydrogen-bond donors (Lipinski definition) is 1. The number of amides is 1. The van der Waals surface area contributed by atoms with Crippen molar-refractivity contribution >= 4 is 21.8 Å². The monoisotopic (exact) mass is 279 g/mol. The number of carbonyl (C=O) groups is 1. The van der Waals surface area contributed by atoms with Gasteiger partial charge in [-0.15, -0.1) is 0 Å². The molecule has 1 rings (SSSR count). The van der Waals surface area contributed by atoms with Crippen molar-refractivity contribution in [3.05, 3.63) is 0 Å². The first-order valence-corrected chi connectivity index (χ1v) is 6.09. The molecule has 0 spiro atoms. The van der Waals surface area contributed by atoms with Gasteiger partial charge in [-0.25, -0.2) is 0 Å². The van der Waals surface area contributed by atoms with Gasteiger partial charge in [0, 0.05) is 20.3 Å². The fourth-order valence-electron chi connectivity index (χ4n) is 1.66. The zero-order valence-corrected chi connectivity index (χ0v) is 10.7. The van der Waals surface area contributed by atoms with E-state index < -0.39 is 0 Å². The van der Waals surface area contributed by atoms with Crippen molar-refractivity contribution in [2.45, 2.75) is 24.3 Å². The summed E-state index contributed by atoms with van der Waals surface area (Å²) in [5.41, 5.74) is 0. The molecule has 5 heteroatoms. The predicted octanol–water partition coefficient (Wildman–Crippen LogP) is 0.937. The maximum Gasteiger partial charge on any atom is 0.225 e. The van der Waals surface area contributed by atoms with Gasteiger partial charge in [-0.1, -0.05) is 15.9 Å². The van der Waals surface area contributed by atoms with Gasteiger partial charge < -0.3 is 14.8 Å². The van der Waals surface area contributed by atoms with Crippen molar-refractivity contribution < 1.29 is 14.3 Å². The quantitative estimate of drug-likeness (QED) is 0.762. The fraction of sp³-hybridized carbons (Fsp3) is 0.900. The van der Waals surface area contributed by atoms with Crippen molar-refractivity contribution in [1.29, 1.82) is 0 Å². The number of hydrogen-bond acceptors (Lipinski definition) is 3. The van der Waals surface area contributed by atoms with Gasteiger partial charge in [0.1, 0.15) is 0 Å². The number of alkyl halides is 1. The van der Waals surface area contributed by atoms with Crippen LogP contribution in [0.3, 0.4) is 0 Å². The summed E-state index contributed by atoms with van der Waals surface area (Å²) in [6, 6.07) is 0. The summed E-state index contributed by atoms with van der Waals surface area (Å²) >= 11 is 3.42. The third-order valence-corrected chi connectivity index (χ3v) is 3.15. The largest absolute Gasteiger partial charge is 0.383 e. The Balaban J connectivity index is 2.23. The average Bonchev–Trinajstić information content (AvgIpc) is 2.61. The van der Waals surface area contributed by atoms with E-state index >= 15 is 0 Å². The topological polar surface area (TPSA) is 47.6 Å². The molecule has 0 aromatic heterocycles. The van der Waals surface area contributed by atoms with Gasteiger partial charge in [-0.3, -0.25) is 4.79 Å². The van der Waals surface area contributed by atoms with E-state index in [0.29, 0.717) is 19.8 Å². The number of halogens is 1. The van der Waals surface area contributed by atoms with Crippen molar-refractivity contribution in [3.8, 4) is 0 Å². The minimum absolute atomic E-state index is 0.00671. The molecule has 3 unspecified atom stereocenters. The molecule has 1 aliphatic heterocycles. The van der Waals surface area contributed by atoms with Crippen LogP contribution in [0.15, 0.2) is 0 Å². The SMILES string of the molecule is COCC(Br)CNC(=O)C1CCOC1C. The van der Waals surface area contributed by atoms with Gasteiger partial charge in [0.25, 0.3) is 0 Å². The Morgan fingerprint density at radius 3 is 3.00 bits per heavy atom. The van der Waals surface area contributed by atoms with Crippen molar-refractivity contribution in [3.63, 3.8) is 0 Å². The smallest absolute Gasteiger partial charge is 0.225 e. The first-order chi connectivity index (χ1) is 7.15. The third kappa shape index (κ3) is 4.09. The Bertz CT molecular complexity index is 213. The first-order valence-electron chi connectivity index (χ1n) is 5.17. The van der Waals surface area contributed by atoms with Gasteiger partial charge in [0.2, 0.25) is 5.91 Å². The second-order valence-corrected chi connectivity index (χ2v) is 5.06. The second kappa shape index (κ2) is 6.45. The fourth-order valence-corrected chi connectivity index (χ4v) is 2.08. The van der Waals surface area contributed by atoms with Crippen LogP contribution in [0, 0.1) is 5.92 Å². The Kier molecular flexibility index (Phi) is 5.56. The molecule has 15 heavy (non-hydrogen) atoms. The van der Waals surface area contributed by atoms with Crippen molar-refractivity contribution in [1.82, 2.24) is 5.32 Å². The summed E-state index contributed by atoms with van der Waals surface area (Å²) in [7, 11) is 1.64. The molecule has 0 aromatic rings. The molecule has 1 aliphatic rings. The zero-order chi connectivity index (χ0) is 11.3. The van der Waals surface area contributed by atoms with Gasteiger partial charge in [0.15, 0.2) is 0 Å². The standard InChI is InChI=1S/C10H18BrNO3/c1-7-9(3-4-15-7)10(13)12-5-8(11)6-14-2/h7-9H,3-6H2,1-2H3,(H,12,13). The molecule has 0 aliphatic carbocycles. The minimum Gasteiger partial charge on any atom is -0.383 e. The Labute approximate surface area is 98.8 Å². The molecule has 1 saturated heterocycles. The van der Waals surface area contributed by atoms with Gasteiger partial charge in [-0.2, -0.15) is 0 Å². The van der Waals surface area contributed by atoms with Gasteiger partial charge >= 0.3 is 0 Å². The highest BCUT2D eigenvalue weighted by atomic mass is 79.9. The van der Waals surface area contributed by atoms with E-state index in [9.17, 15) is 4.79 Å². The molecule has 0 bridgehead atoms. The van der Waals surface area contributed by atoms with Crippen LogP contribution in [-0.2, 0) is 14.3 Å². The molecular formula is C10H18BrNO3. The molecular weight excluding hydrogens is 262 g/mol. The summed E-state index contributed by atoms with van der Waals surface area (Å²) in [6.07, 6.45) is 0.866. The van der Waals surface area contributed by atoms with Crippen molar-refractivity contribution in [2.75, 3.05) is 26.9 Å². The molecule has 3 atom stereocenters. The zero-order valence-electron chi connectivity index (χ0n) is 9.16. The van der Waals surface area contributed by atoms with E-state index in [1.54, 1.807) is 7.11 Å². The minimum atomic E-state index is 0.00671. The summed E-state index contributed by atoms with van der Waals surface area (Å²) in [5, 5.41) is 2.89. The Hall–Kier alpha value is -0.130. The maximum absolute atomic E-state index is 11.7. The molecule has 0 radical (unpaired) electrons. The highest BCUT2D eigenvalue weighted by Crippen LogP contribution is 2.20. The van der Waals surface area contributed by atoms with Gasteiger partial charge in [-0.05, 0) is 13.3 Å². The van der Waals surface area contributed by atoms with Crippen LogP contribution in [-0.4, -0.2) is 43.7 Å². The molecule has 4 nitrogen and oxygen atoms in total. The number of ether oxygens (including phenoxy) is 2. The highest BCUT2D eigenvalue weighted by molar-refractivity contribution is 9.09. The molecule has 0 saturated carbocycles. The van der Waals surface area contributed by atoms with Crippen LogP contribution in [0.1, 0.15) is 13.3 Å². The lowest BCUT2D eigenvalue weighted by atomic mass is 10.0. The summed E-state index contributed by atoms with van der Waals surface area (Å²) < 4.78 is 10.3. The van der Waals surface area contributed by atoms with E-state index in [1.165, 1.54) is 0 Å². The van der Waals surface area contributed by atoms with Crippen LogP contribution in [0.25, 0.3) is 0 Å². The highest BCUT2D eigenvalue weighted by Gasteiger charge is 2.30. The molecule has 1 fully saturated rings. The molecule has 88 valence electrons. The second-order valence-electron chi connectivity index (χ2n) is 3.77. The van der Waals surface area contributed by atoms with Crippen LogP contribution in [0.2, 0.25) is 0 Å². The molecule has 1 N–H and O–H groups in total. The predicted molar refractivity (Wildman–Crippen MR) is 61.1 cm³/mol. The van der Waals surface area contributed by atoms with E-state index in [2.05, 4.69) is 21.2 Å². The van der Waals surface area contributed by atoms with Gasteiger partial charge in [0.05, 0.1) is 23.5 Å². The number of carbonyl (C=O) groups excluding carboxylic acids is 1. The first kappa shape index (κ1) is 12.9. The van der Waals surface area contributed by atoms with Crippen LogP contribution in [0.5, 0.6) is 0 Å². The molecule has 1 amide bonds. The van der Waals surface area contributed by atoms with E-state index in [4.69, 9.17) is 9.47 Å². The third-order valence-electron chi connectivity index (χ3n) is 2.56. The lowest BCUT2D eigenvalue weighted by Crippen LogP contribution is -2.38. The van der Waals surface area contributed by atoms with Crippen molar-refractivity contribution in [2.24, 2.45) is 5.92 Å². The summed E-state index contributed by atoms with van der Waals surface area (Å²) in [4.78, 5) is 11.9.